The smallest absolute Gasteiger partial charge is 0.481 e. The van der Waals surface area contributed by atoms with Gasteiger partial charge in [0.2, 0.25) is 0 Å². The quantitative estimate of drug-likeness (QED) is 0.736. The van der Waals surface area contributed by atoms with Crippen LogP contribution in [0.3, 0.4) is 0 Å². The molecule has 0 aliphatic heterocycles. The van der Waals surface area contributed by atoms with Crippen LogP contribution >= 0.6 is 0 Å². The molecule has 9 heteroatoms. The van der Waals surface area contributed by atoms with E-state index in [2.05, 4.69) is 9.72 Å². The number of anilines is 1. The third kappa shape index (κ3) is 3.77. The summed E-state index contributed by atoms with van der Waals surface area (Å²) in [6.45, 7) is -0.358. The second-order valence-corrected chi connectivity index (χ2v) is 3.30. The molecule has 18 heavy (non-hydrogen) atoms. The van der Waals surface area contributed by atoms with Gasteiger partial charge in [0.1, 0.15) is 0 Å². The molecule has 1 aromatic rings. The van der Waals surface area contributed by atoms with Crippen LogP contribution < -0.4 is 16.2 Å². The topological polar surface area (TPSA) is 111 Å². The van der Waals surface area contributed by atoms with Gasteiger partial charge in [-0.3, -0.25) is 9.78 Å². The number of aromatic nitrogens is 1. The number of rotatable bonds is 4. The van der Waals surface area contributed by atoms with Gasteiger partial charge >= 0.3 is 12.3 Å². The number of nitrogens with zero attached hydrogens (tertiary/aromatic N) is 1. The second-order valence-electron chi connectivity index (χ2n) is 3.30. The normalized spacial score (nSPS) is 11.3. The fraction of sp³-hybridized carbons (Fsp3) is 0.333. The van der Waals surface area contributed by atoms with Gasteiger partial charge in [-0.25, -0.2) is 0 Å². The number of nitrogen functional groups attached to an aromatic ring is 1. The first-order valence-corrected chi connectivity index (χ1v) is 4.69. The van der Waals surface area contributed by atoms with Crippen LogP contribution in [0.15, 0.2) is 6.07 Å². The van der Waals surface area contributed by atoms with Crippen molar-refractivity contribution in [2.45, 2.75) is 19.3 Å². The minimum atomic E-state index is -4.92. The summed E-state index contributed by atoms with van der Waals surface area (Å²) in [5.41, 5.74) is 9.99. The Labute approximate surface area is 99.4 Å². The summed E-state index contributed by atoms with van der Waals surface area (Å²) in [6, 6.07) is 1.01. The molecule has 0 atom stereocenters. The molecule has 0 spiro atoms. The highest BCUT2D eigenvalue weighted by atomic mass is 19.4. The van der Waals surface area contributed by atoms with Crippen LogP contribution in [0.4, 0.5) is 18.9 Å². The molecule has 0 amide bonds. The van der Waals surface area contributed by atoms with E-state index in [4.69, 9.17) is 16.6 Å². The van der Waals surface area contributed by atoms with Gasteiger partial charge in [0.15, 0.2) is 5.75 Å². The number of ether oxygens (including phenoxy) is 1. The van der Waals surface area contributed by atoms with Crippen molar-refractivity contribution in [1.29, 1.82) is 0 Å². The van der Waals surface area contributed by atoms with Crippen LogP contribution in [0.1, 0.15) is 11.4 Å². The number of nitrogens with two attached hydrogens (primary N) is 2. The van der Waals surface area contributed by atoms with E-state index >= 15 is 0 Å². The molecule has 1 heterocycles. The Morgan fingerprint density at radius 1 is 1.50 bits per heavy atom. The van der Waals surface area contributed by atoms with Crippen LogP contribution in [0.2, 0.25) is 0 Å². The third-order valence-corrected chi connectivity index (χ3v) is 1.87. The van der Waals surface area contributed by atoms with Gasteiger partial charge < -0.3 is 21.3 Å². The molecule has 0 fully saturated rings. The van der Waals surface area contributed by atoms with Crippen molar-refractivity contribution in [3.63, 3.8) is 0 Å². The molecule has 0 aliphatic rings. The van der Waals surface area contributed by atoms with Crippen molar-refractivity contribution in [2.75, 3.05) is 5.73 Å². The monoisotopic (exact) mass is 265 g/mol. The number of aliphatic carboxylic acids is 1. The number of carboxylic acid groups (broad SMARTS) is 1. The van der Waals surface area contributed by atoms with Crippen molar-refractivity contribution in [1.82, 2.24) is 4.98 Å². The zero-order valence-electron chi connectivity index (χ0n) is 8.99. The average Bonchev–Trinajstić information content (AvgIpc) is 2.19. The zero-order valence-corrected chi connectivity index (χ0v) is 8.99. The van der Waals surface area contributed by atoms with E-state index in [9.17, 15) is 18.0 Å². The predicted molar refractivity (Wildman–Crippen MR) is 54.6 cm³/mol. The van der Waals surface area contributed by atoms with E-state index in [-0.39, 0.29) is 23.6 Å². The van der Waals surface area contributed by atoms with E-state index in [1.807, 2.05) is 0 Å². The summed E-state index contributed by atoms with van der Waals surface area (Å²) >= 11 is 0. The van der Waals surface area contributed by atoms with E-state index in [1.54, 1.807) is 0 Å². The van der Waals surface area contributed by atoms with E-state index < -0.39 is 24.5 Å². The van der Waals surface area contributed by atoms with Crippen molar-refractivity contribution in [3.8, 4) is 5.75 Å². The van der Waals surface area contributed by atoms with Crippen LogP contribution in [0, 0.1) is 0 Å². The molecule has 0 radical (unpaired) electrons. The van der Waals surface area contributed by atoms with Gasteiger partial charge in [0.25, 0.3) is 0 Å². The van der Waals surface area contributed by atoms with Crippen LogP contribution in [-0.4, -0.2) is 22.4 Å². The number of pyridine rings is 1. The van der Waals surface area contributed by atoms with E-state index in [0.29, 0.717) is 0 Å². The van der Waals surface area contributed by atoms with Gasteiger partial charge in [-0.15, -0.1) is 13.2 Å². The molecule has 0 aromatic carbocycles. The van der Waals surface area contributed by atoms with Crippen LogP contribution in [0.5, 0.6) is 5.75 Å². The number of halogens is 3. The van der Waals surface area contributed by atoms with Crippen LogP contribution in [-0.2, 0) is 17.8 Å². The second kappa shape index (κ2) is 5.08. The Balaban J connectivity index is 3.15. The molecule has 5 N–H and O–H groups in total. The fourth-order valence-corrected chi connectivity index (χ4v) is 1.29. The Morgan fingerprint density at radius 3 is 2.56 bits per heavy atom. The SMILES string of the molecule is NCc1nc(CC(=O)O)cc(N)c1OC(F)(F)F. The van der Waals surface area contributed by atoms with Crippen molar-refractivity contribution in [2.24, 2.45) is 5.73 Å². The van der Waals surface area contributed by atoms with Gasteiger partial charge in [0.05, 0.1) is 23.5 Å². The van der Waals surface area contributed by atoms with E-state index in [1.165, 1.54) is 0 Å². The zero-order chi connectivity index (χ0) is 13.9. The summed E-state index contributed by atoms with van der Waals surface area (Å²) in [4.78, 5) is 14.1. The lowest BCUT2D eigenvalue weighted by molar-refractivity contribution is -0.274. The maximum Gasteiger partial charge on any atom is 0.573 e. The molecule has 100 valence electrons. The van der Waals surface area contributed by atoms with Crippen LogP contribution in [0.25, 0.3) is 0 Å². The molecular formula is C9H10F3N3O3. The molecule has 1 rings (SSSR count). The summed E-state index contributed by atoms with van der Waals surface area (Å²) < 4.78 is 40.0. The summed E-state index contributed by atoms with van der Waals surface area (Å²) in [5, 5.41) is 8.55. The van der Waals surface area contributed by atoms with Crippen molar-refractivity contribution < 1.29 is 27.8 Å². The first-order chi connectivity index (χ1) is 8.23. The first kappa shape index (κ1) is 14.0. The standard InChI is InChI=1S/C9H10F3N3O3/c10-9(11,12)18-8-5(14)1-4(2-7(16)17)15-6(8)3-13/h1H,2-3,13H2,(H2,14,15)(H,16,17). The minimum absolute atomic E-state index is 0.00924. The van der Waals surface area contributed by atoms with Gasteiger partial charge in [0, 0.05) is 6.54 Å². The Bertz CT molecular complexity index is 462. The Morgan fingerprint density at radius 2 is 2.11 bits per heavy atom. The number of hydrogen-bond donors (Lipinski definition) is 3. The lowest BCUT2D eigenvalue weighted by Crippen LogP contribution is -2.21. The highest BCUT2D eigenvalue weighted by Crippen LogP contribution is 2.31. The number of alkyl halides is 3. The van der Waals surface area contributed by atoms with E-state index in [0.717, 1.165) is 6.07 Å². The van der Waals surface area contributed by atoms with Gasteiger partial charge in [-0.05, 0) is 6.07 Å². The molecule has 0 unspecified atom stereocenters. The fourth-order valence-electron chi connectivity index (χ4n) is 1.29. The van der Waals surface area contributed by atoms with Crippen molar-refractivity contribution in [3.05, 3.63) is 17.5 Å². The highest BCUT2D eigenvalue weighted by molar-refractivity contribution is 5.70. The first-order valence-electron chi connectivity index (χ1n) is 4.69. The molecular weight excluding hydrogens is 255 g/mol. The molecule has 0 saturated carbocycles. The number of carboxylic acids is 1. The molecule has 0 aliphatic carbocycles. The minimum Gasteiger partial charge on any atom is -0.481 e. The average molecular weight is 265 g/mol. The summed E-state index contributed by atoms with van der Waals surface area (Å²) in [5.74, 6) is -1.88. The van der Waals surface area contributed by atoms with Gasteiger partial charge in [-0.1, -0.05) is 0 Å². The summed E-state index contributed by atoms with van der Waals surface area (Å²) in [6.07, 6.45) is -5.39. The largest absolute Gasteiger partial charge is 0.573 e. The third-order valence-electron chi connectivity index (χ3n) is 1.87. The Kier molecular flexibility index (Phi) is 3.96. The van der Waals surface area contributed by atoms with Gasteiger partial charge in [-0.2, -0.15) is 0 Å². The molecule has 6 nitrogen and oxygen atoms in total. The molecule has 1 aromatic heterocycles. The lowest BCUT2D eigenvalue weighted by Gasteiger charge is -2.15. The maximum atomic E-state index is 12.1. The lowest BCUT2D eigenvalue weighted by atomic mass is 10.2. The van der Waals surface area contributed by atoms with Crippen molar-refractivity contribution >= 4 is 11.7 Å². The number of hydrogen-bond acceptors (Lipinski definition) is 5. The maximum absolute atomic E-state index is 12.1. The highest BCUT2D eigenvalue weighted by Gasteiger charge is 2.33. The molecule has 0 bridgehead atoms. The predicted octanol–water partition coefficient (Wildman–Crippen LogP) is 0.648. The Hall–Kier alpha value is -2.03. The molecule has 0 saturated heterocycles. The summed E-state index contributed by atoms with van der Waals surface area (Å²) in [7, 11) is 0. The number of carbonyl (C=O) groups is 1.